The van der Waals surface area contributed by atoms with Gasteiger partial charge in [-0.1, -0.05) is 100.0 Å². The van der Waals surface area contributed by atoms with Crippen LogP contribution in [0.15, 0.2) is 97.6 Å². The van der Waals surface area contributed by atoms with E-state index in [2.05, 4.69) is 57.5 Å². The minimum atomic E-state index is -1.36. The molecule has 0 aliphatic heterocycles. The molecule has 24 nitrogen and oxygen atoms in total. The lowest BCUT2D eigenvalue weighted by Gasteiger charge is -2.27. The van der Waals surface area contributed by atoms with Gasteiger partial charge in [0.15, 0.2) is 0 Å². The molecule has 5 aromatic rings. The number of nitrogens with zero attached hydrogens (tertiary/aromatic N) is 1. The lowest BCUT2D eigenvalue weighted by atomic mass is 10.0. The Balaban J connectivity index is 1.24. The van der Waals surface area contributed by atoms with E-state index in [4.69, 9.17) is 28.8 Å². The summed E-state index contributed by atoms with van der Waals surface area (Å²) in [5.74, 6) is -8.41. The zero-order chi connectivity index (χ0) is 59.3. The van der Waals surface area contributed by atoms with Gasteiger partial charge in [0.25, 0.3) is 0 Å². The van der Waals surface area contributed by atoms with E-state index in [9.17, 15) is 47.9 Å². The fourth-order valence-corrected chi connectivity index (χ4v) is 8.79. The van der Waals surface area contributed by atoms with E-state index < -0.39 is 120 Å². The maximum Gasteiger partial charge on any atom is 0.243 e. The summed E-state index contributed by atoms with van der Waals surface area (Å²) < 4.78 is 0. The van der Waals surface area contributed by atoms with Crippen molar-refractivity contribution in [1.82, 2.24) is 57.5 Å². The van der Waals surface area contributed by atoms with Crippen molar-refractivity contribution in [1.29, 1.82) is 0 Å². The Labute approximate surface area is 473 Å². The zero-order valence-electron chi connectivity index (χ0n) is 45.8. The third-order valence-electron chi connectivity index (χ3n) is 13.1. The van der Waals surface area contributed by atoms with Gasteiger partial charge in [-0.2, -0.15) is 0 Å². The van der Waals surface area contributed by atoms with Gasteiger partial charge in [0.1, 0.15) is 42.3 Å². The van der Waals surface area contributed by atoms with Gasteiger partial charge in [-0.25, -0.2) is 4.98 Å². The number of aromatic nitrogens is 3. The van der Waals surface area contributed by atoms with Crippen LogP contribution in [0.2, 0.25) is 5.02 Å². The van der Waals surface area contributed by atoms with Gasteiger partial charge < -0.3 is 69.7 Å². The number of primary amides is 2. The summed E-state index contributed by atoms with van der Waals surface area (Å²) in [6.07, 6.45) is 4.10. The van der Waals surface area contributed by atoms with Crippen LogP contribution in [0.1, 0.15) is 76.3 Å². The monoisotopic (exact) mass is 1140 g/mol. The molecule has 25 heteroatoms. The maximum atomic E-state index is 14.2. The van der Waals surface area contributed by atoms with Crippen LogP contribution < -0.4 is 59.7 Å². The lowest BCUT2D eigenvalue weighted by molar-refractivity contribution is -0.135. The summed E-state index contributed by atoms with van der Waals surface area (Å²) in [5, 5.41) is 22.2. The fraction of sp³-hybridized carbons (Fsp3) is 0.411. The van der Waals surface area contributed by atoms with E-state index in [1.807, 2.05) is 38.1 Å². The molecule has 0 spiro atoms. The Kier molecular flexibility index (Phi) is 23.9. The standard InChI is InChI=1S/C56H73ClN14O10/c1-30(2)21-43(54(79)68-42(49(60)74)23-34-15-17-36(57)18-16-34)69-55(80)45(25-37-27-61-29-64-37)66-47(73)28-63-56(81)48(31(3)4)71-50(75)32(5)65-53(78)44(24-35-26-62-40-14-10-9-13-38(35)40)70-52(77)41(19-20-46(59)72)67-51(76)39(58)22-33-11-7-6-8-12-33/h6-18,26-27,29-32,39,41-45,48,62H,19-25,28,58H2,1-5H3,(H2,59,72)(H2,60,74)(H,61,64)(H,63,81)(H,65,78)(H,66,73)(H,67,76)(H,68,79)(H,69,80)(H,70,77)(H,71,75)/t32-,39+,41-,42-,43-,44-,45-,48-/m0/s1. The molecule has 0 radical (unpaired) electrons. The molecule has 0 aliphatic rings. The van der Waals surface area contributed by atoms with Crippen molar-refractivity contribution in [2.24, 2.45) is 29.0 Å². The average molecular weight is 1140 g/mol. The van der Waals surface area contributed by atoms with E-state index in [1.54, 1.807) is 74.6 Å². The van der Waals surface area contributed by atoms with Crippen LogP contribution in [0.25, 0.3) is 10.9 Å². The number of nitrogens with two attached hydrogens (primary N) is 3. The summed E-state index contributed by atoms with van der Waals surface area (Å²) in [5.41, 5.74) is 20.6. The Morgan fingerprint density at radius 3 is 1.81 bits per heavy atom. The van der Waals surface area contributed by atoms with Crippen LogP contribution in [-0.2, 0) is 73.6 Å². The van der Waals surface area contributed by atoms with E-state index in [0.717, 1.165) is 16.5 Å². The summed E-state index contributed by atoms with van der Waals surface area (Å²) in [4.78, 5) is 145. The molecule has 2 aromatic heterocycles. The topological polar surface area (TPSA) is 389 Å². The van der Waals surface area contributed by atoms with Crippen LogP contribution in [-0.4, -0.2) is 129 Å². The van der Waals surface area contributed by atoms with Crippen molar-refractivity contribution in [3.63, 3.8) is 0 Å². The van der Waals surface area contributed by atoms with Crippen molar-refractivity contribution in [3.8, 4) is 0 Å². The Bertz CT molecular complexity index is 2970. The number of amides is 10. The highest BCUT2D eigenvalue weighted by molar-refractivity contribution is 6.30. The Hall–Kier alpha value is -8.64. The van der Waals surface area contributed by atoms with Gasteiger partial charge in [0.2, 0.25) is 59.1 Å². The minimum Gasteiger partial charge on any atom is -0.370 e. The van der Waals surface area contributed by atoms with Gasteiger partial charge >= 0.3 is 0 Å². The Morgan fingerprint density at radius 2 is 1.17 bits per heavy atom. The second-order valence-electron chi connectivity index (χ2n) is 20.6. The van der Waals surface area contributed by atoms with Crippen LogP contribution >= 0.6 is 11.6 Å². The summed E-state index contributed by atoms with van der Waals surface area (Å²) >= 11 is 6.01. The number of H-pyrrole nitrogens is 2. The van der Waals surface area contributed by atoms with Crippen molar-refractivity contribution in [3.05, 3.63) is 125 Å². The van der Waals surface area contributed by atoms with Gasteiger partial charge in [-0.15, -0.1) is 0 Å². The third-order valence-corrected chi connectivity index (χ3v) is 13.3. The Morgan fingerprint density at radius 1 is 0.580 bits per heavy atom. The summed E-state index contributed by atoms with van der Waals surface area (Å²) in [7, 11) is 0. The number of carbonyl (C=O) groups is 10. The van der Waals surface area contributed by atoms with Gasteiger partial charge in [-0.05, 0) is 72.9 Å². The highest BCUT2D eigenvalue weighted by Crippen LogP contribution is 2.20. The maximum absolute atomic E-state index is 14.2. The molecular weight excluding hydrogens is 1060 g/mol. The molecular formula is C56H73ClN14O10. The van der Waals surface area contributed by atoms with E-state index >= 15 is 0 Å². The number of fused-ring (bicyclic) bond motifs is 1. The van der Waals surface area contributed by atoms with Gasteiger partial charge in [0.05, 0.1) is 18.9 Å². The molecule has 2 heterocycles. The first kappa shape index (κ1) is 63.2. The van der Waals surface area contributed by atoms with Crippen LogP contribution in [0.4, 0.5) is 0 Å². The normalized spacial score (nSPS) is 14.2. The first-order valence-corrected chi connectivity index (χ1v) is 26.9. The predicted molar refractivity (Wildman–Crippen MR) is 302 cm³/mol. The van der Waals surface area contributed by atoms with Crippen molar-refractivity contribution in [2.75, 3.05) is 6.54 Å². The zero-order valence-corrected chi connectivity index (χ0v) is 46.6. The number of benzene rings is 3. The molecule has 0 saturated heterocycles. The quantitative estimate of drug-likeness (QED) is 0.0282. The number of rotatable bonds is 31. The predicted octanol–water partition coefficient (Wildman–Crippen LogP) is 0.125. The second-order valence-corrected chi connectivity index (χ2v) is 21.0. The van der Waals surface area contributed by atoms with Crippen molar-refractivity contribution < 1.29 is 47.9 Å². The number of hydrogen-bond donors (Lipinski definition) is 13. The smallest absolute Gasteiger partial charge is 0.243 e. The minimum absolute atomic E-state index is 0.0523. The van der Waals surface area contributed by atoms with E-state index in [-0.39, 0.29) is 50.9 Å². The molecule has 81 heavy (non-hydrogen) atoms. The van der Waals surface area contributed by atoms with E-state index in [1.165, 1.54) is 19.4 Å². The van der Waals surface area contributed by atoms with Gasteiger partial charge in [-0.3, -0.25) is 47.9 Å². The van der Waals surface area contributed by atoms with Crippen LogP contribution in [0.5, 0.6) is 0 Å². The first-order valence-electron chi connectivity index (χ1n) is 26.5. The number of hydrogen-bond acceptors (Lipinski definition) is 12. The SMILES string of the molecule is CC(C)C[C@H](NC(=O)[C@H](Cc1cnc[nH]1)NC(=O)CNC(=O)[C@@H](NC(=O)[C@H](C)NC(=O)[C@H](Cc1c[nH]c2ccccc12)NC(=O)[C@H](CCC(N)=O)NC(=O)[C@H](N)Cc1ccccc1)C(C)C)C(=O)N[C@@H](Cc1ccc(Cl)cc1)C(N)=O. The lowest BCUT2D eigenvalue weighted by Crippen LogP contribution is -2.59. The molecule has 5 rings (SSSR count). The molecule has 10 amide bonds. The molecule has 8 atom stereocenters. The second kappa shape index (κ2) is 30.6. The summed E-state index contributed by atoms with van der Waals surface area (Å²) in [6, 6.07) is 12.9. The van der Waals surface area contributed by atoms with Crippen molar-refractivity contribution >= 4 is 81.6 Å². The highest BCUT2D eigenvalue weighted by atomic mass is 35.5. The first-order chi connectivity index (χ1) is 38.5. The largest absolute Gasteiger partial charge is 0.370 e. The molecule has 0 saturated carbocycles. The van der Waals surface area contributed by atoms with E-state index in [0.29, 0.717) is 21.8 Å². The van der Waals surface area contributed by atoms with Crippen LogP contribution in [0, 0.1) is 11.8 Å². The van der Waals surface area contributed by atoms with Crippen molar-refractivity contribution in [2.45, 2.75) is 128 Å². The summed E-state index contributed by atoms with van der Waals surface area (Å²) in [6.45, 7) is 7.64. The number of imidazole rings is 1. The number of halogens is 1. The molecule has 3 aromatic carbocycles. The molecule has 0 aliphatic carbocycles. The van der Waals surface area contributed by atoms with Gasteiger partial charge in [0, 0.05) is 59.7 Å². The fourth-order valence-electron chi connectivity index (χ4n) is 8.66. The number of para-hydroxylation sites is 1. The van der Waals surface area contributed by atoms with Crippen LogP contribution in [0.3, 0.4) is 0 Å². The molecule has 434 valence electrons. The third kappa shape index (κ3) is 20.2. The molecule has 0 bridgehead atoms. The molecule has 0 unspecified atom stereocenters. The number of carbonyl (C=O) groups excluding carboxylic acids is 10. The highest BCUT2D eigenvalue weighted by Gasteiger charge is 2.34. The number of aromatic amines is 2. The molecule has 0 fully saturated rings. The average Bonchev–Trinajstić information content (AvgIpc) is 4.10. The molecule has 16 N–H and O–H groups in total. The number of nitrogens with one attached hydrogen (secondary N) is 10.